The Hall–Kier alpha value is -1.18. The highest BCUT2D eigenvalue weighted by Gasteiger charge is 2.38. The van der Waals surface area contributed by atoms with E-state index in [1.54, 1.807) is 0 Å². The van der Waals surface area contributed by atoms with E-state index in [0.29, 0.717) is 25.9 Å². The molecule has 0 aliphatic carbocycles. The van der Waals surface area contributed by atoms with Crippen molar-refractivity contribution in [3.05, 3.63) is 0 Å². The molecule has 7 heteroatoms. The summed E-state index contributed by atoms with van der Waals surface area (Å²) in [6, 6.07) is -1.36. The molecule has 0 aromatic heterocycles. The molecule has 2 fully saturated rings. The summed E-state index contributed by atoms with van der Waals surface area (Å²) in [5.74, 6) is -1.50. The molecule has 4 atom stereocenters. The Bertz CT molecular complexity index is 322. The van der Waals surface area contributed by atoms with Gasteiger partial charge in [-0.1, -0.05) is 0 Å². The first-order chi connectivity index (χ1) is 8.08. The highest BCUT2D eigenvalue weighted by molar-refractivity contribution is 5.79. The molecule has 2 aliphatic heterocycles. The largest absolute Gasteiger partial charge is 0.480 e. The van der Waals surface area contributed by atoms with Gasteiger partial charge in [0.25, 0.3) is 0 Å². The van der Waals surface area contributed by atoms with E-state index in [0.717, 1.165) is 0 Å². The average Bonchev–Trinajstić information content (AvgIpc) is 2.86. The minimum atomic E-state index is -1.01. The van der Waals surface area contributed by atoms with Gasteiger partial charge >= 0.3 is 11.9 Å². The van der Waals surface area contributed by atoms with Crippen molar-refractivity contribution in [1.82, 2.24) is 10.6 Å². The van der Waals surface area contributed by atoms with E-state index < -0.39 is 36.2 Å². The Balaban J connectivity index is 1.88. The van der Waals surface area contributed by atoms with Gasteiger partial charge in [0, 0.05) is 13.0 Å². The van der Waals surface area contributed by atoms with E-state index in [-0.39, 0.29) is 0 Å². The normalized spacial score (nSPS) is 37.0. The maximum absolute atomic E-state index is 11.7. The summed E-state index contributed by atoms with van der Waals surface area (Å²) >= 11 is 0. The number of aliphatic hydroxyl groups is 1. The number of carboxylic acids is 1. The average molecular weight is 244 g/mol. The van der Waals surface area contributed by atoms with Crippen LogP contribution in [0.15, 0.2) is 0 Å². The molecule has 0 aromatic carbocycles. The molecule has 2 heterocycles. The number of rotatable bonds is 3. The molecule has 7 nitrogen and oxygen atoms in total. The van der Waals surface area contributed by atoms with Gasteiger partial charge in [-0.05, 0) is 13.0 Å². The van der Waals surface area contributed by atoms with Gasteiger partial charge in [0.15, 0.2) is 0 Å². The summed E-state index contributed by atoms with van der Waals surface area (Å²) in [5.41, 5.74) is 0. The molecule has 96 valence electrons. The van der Waals surface area contributed by atoms with Gasteiger partial charge in [0.1, 0.15) is 18.2 Å². The predicted octanol–water partition coefficient (Wildman–Crippen LogP) is -1.93. The highest BCUT2D eigenvalue weighted by Crippen LogP contribution is 2.15. The zero-order valence-corrected chi connectivity index (χ0v) is 9.26. The Labute approximate surface area is 98.1 Å². The lowest BCUT2D eigenvalue weighted by atomic mass is 10.1. The number of hydrogen-bond acceptors (Lipinski definition) is 6. The van der Waals surface area contributed by atoms with Crippen molar-refractivity contribution in [2.45, 2.75) is 37.1 Å². The first-order valence-corrected chi connectivity index (χ1v) is 5.66. The van der Waals surface area contributed by atoms with Crippen LogP contribution < -0.4 is 10.6 Å². The lowest BCUT2D eigenvalue weighted by Crippen LogP contribution is -2.43. The quantitative estimate of drug-likeness (QED) is 0.428. The van der Waals surface area contributed by atoms with Crippen molar-refractivity contribution >= 4 is 11.9 Å². The molecule has 0 amide bonds. The van der Waals surface area contributed by atoms with Crippen LogP contribution >= 0.6 is 0 Å². The number of nitrogens with one attached hydrogen (secondary N) is 2. The lowest BCUT2D eigenvalue weighted by Gasteiger charge is -2.18. The van der Waals surface area contributed by atoms with Crippen LogP contribution in [0.5, 0.6) is 0 Å². The van der Waals surface area contributed by atoms with E-state index in [9.17, 15) is 14.7 Å². The third-order valence-corrected chi connectivity index (χ3v) is 3.09. The third-order valence-electron chi connectivity index (χ3n) is 3.09. The SMILES string of the molecule is O=C(O[C@H]1CCN[C@@H]1C(=O)O)[C@@H]1CC(O)CN1. The fourth-order valence-electron chi connectivity index (χ4n) is 2.18. The number of aliphatic carboxylic acids is 1. The first kappa shape index (κ1) is 12.3. The second kappa shape index (κ2) is 4.99. The molecule has 0 saturated carbocycles. The van der Waals surface area contributed by atoms with Gasteiger partial charge in [-0.2, -0.15) is 0 Å². The summed E-state index contributed by atoms with van der Waals surface area (Å²) < 4.78 is 5.16. The number of ether oxygens (including phenoxy) is 1. The monoisotopic (exact) mass is 244 g/mol. The minimum absolute atomic E-state index is 0.316. The van der Waals surface area contributed by atoms with Crippen LogP contribution in [0.25, 0.3) is 0 Å². The van der Waals surface area contributed by atoms with Gasteiger partial charge in [-0.3, -0.25) is 9.59 Å². The fourth-order valence-corrected chi connectivity index (χ4v) is 2.18. The summed E-state index contributed by atoms with van der Waals surface area (Å²) in [6.07, 6.45) is -0.349. The molecule has 0 bridgehead atoms. The molecular formula is C10H16N2O5. The number of carbonyl (C=O) groups is 2. The van der Waals surface area contributed by atoms with Crippen molar-refractivity contribution in [2.75, 3.05) is 13.1 Å². The third kappa shape index (κ3) is 2.74. The Morgan fingerprint density at radius 2 is 2.06 bits per heavy atom. The zero-order chi connectivity index (χ0) is 12.4. The molecule has 0 spiro atoms. The van der Waals surface area contributed by atoms with Gasteiger partial charge in [-0.15, -0.1) is 0 Å². The molecule has 2 rings (SSSR count). The number of esters is 1. The van der Waals surface area contributed by atoms with E-state index >= 15 is 0 Å². The second-order valence-corrected chi connectivity index (χ2v) is 4.38. The Morgan fingerprint density at radius 1 is 1.29 bits per heavy atom. The van der Waals surface area contributed by atoms with Crippen LogP contribution in [0.3, 0.4) is 0 Å². The molecule has 4 N–H and O–H groups in total. The molecular weight excluding hydrogens is 228 g/mol. The summed E-state index contributed by atoms with van der Waals surface area (Å²) in [6.45, 7) is 0.890. The van der Waals surface area contributed by atoms with Crippen molar-refractivity contribution in [2.24, 2.45) is 0 Å². The summed E-state index contributed by atoms with van der Waals surface area (Å²) in [4.78, 5) is 22.6. The van der Waals surface area contributed by atoms with Crippen molar-refractivity contribution in [3.63, 3.8) is 0 Å². The van der Waals surface area contributed by atoms with Crippen molar-refractivity contribution in [1.29, 1.82) is 0 Å². The summed E-state index contributed by atoms with van der Waals surface area (Å²) in [5, 5.41) is 23.8. The smallest absolute Gasteiger partial charge is 0.324 e. The van der Waals surface area contributed by atoms with Crippen LogP contribution in [0.4, 0.5) is 0 Å². The van der Waals surface area contributed by atoms with Crippen LogP contribution in [-0.2, 0) is 14.3 Å². The van der Waals surface area contributed by atoms with Crippen LogP contribution in [0.1, 0.15) is 12.8 Å². The van der Waals surface area contributed by atoms with Crippen molar-refractivity contribution in [3.8, 4) is 0 Å². The predicted molar refractivity (Wildman–Crippen MR) is 56.3 cm³/mol. The Morgan fingerprint density at radius 3 is 2.65 bits per heavy atom. The zero-order valence-electron chi connectivity index (χ0n) is 9.26. The molecule has 17 heavy (non-hydrogen) atoms. The number of aliphatic hydroxyl groups excluding tert-OH is 1. The number of hydrogen-bond donors (Lipinski definition) is 4. The first-order valence-electron chi connectivity index (χ1n) is 5.66. The maximum Gasteiger partial charge on any atom is 0.324 e. The maximum atomic E-state index is 11.7. The number of carbonyl (C=O) groups excluding carboxylic acids is 1. The number of carboxylic acid groups (broad SMARTS) is 1. The van der Waals surface area contributed by atoms with Gasteiger partial charge in [-0.25, -0.2) is 0 Å². The van der Waals surface area contributed by atoms with Gasteiger partial charge in [0.2, 0.25) is 0 Å². The van der Waals surface area contributed by atoms with Gasteiger partial charge < -0.3 is 25.6 Å². The summed E-state index contributed by atoms with van der Waals surface area (Å²) in [7, 11) is 0. The van der Waals surface area contributed by atoms with E-state index in [4.69, 9.17) is 9.84 Å². The van der Waals surface area contributed by atoms with Crippen LogP contribution in [0, 0.1) is 0 Å². The molecule has 2 aliphatic rings. The van der Waals surface area contributed by atoms with E-state index in [2.05, 4.69) is 10.6 Å². The van der Waals surface area contributed by atoms with E-state index in [1.807, 2.05) is 0 Å². The standard InChI is InChI=1S/C10H16N2O5/c13-5-3-6(12-4-5)10(16)17-7-1-2-11-8(7)9(14)15/h5-8,11-13H,1-4H2,(H,14,15)/t5?,6-,7-,8-/m0/s1. The Kier molecular flexibility index (Phi) is 3.60. The minimum Gasteiger partial charge on any atom is -0.480 e. The highest BCUT2D eigenvalue weighted by atomic mass is 16.5. The van der Waals surface area contributed by atoms with Crippen LogP contribution in [0.2, 0.25) is 0 Å². The topological polar surface area (TPSA) is 108 Å². The molecule has 1 unspecified atom stereocenters. The van der Waals surface area contributed by atoms with Crippen LogP contribution in [-0.4, -0.2) is 59.5 Å². The molecule has 0 aromatic rings. The van der Waals surface area contributed by atoms with E-state index in [1.165, 1.54) is 0 Å². The fraction of sp³-hybridized carbons (Fsp3) is 0.800. The number of β-amino-alcohol motifs (C(OH)–C–C–N with tert-alkyl or cyclic N) is 1. The molecule has 0 radical (unpaired) electrons. The lowest BCUT2D eigenvalue weighted by molar-refractivity contribution is -0.155. The van der Waals surface area contributed by atoms with Gasteiger partial charge in [0.05, 0.1) is 6.10 Å². The molecule has 2 saturated heterocycles. The van der Waals surface area contributed by atoms with Crippen molar-refractivity contribution < 1.29 is 24.5 Å². The second-order valence-electron chi connectivity index (χ2n) is 4.38.